The molecule has 64 heavy (non-hydrogen) atoms. The van der Waals surface area contributed by atoms with Crippen LogP contribution in [0.5, 0.6) is 0 Å². The summed E-state index contributed by atoms with van der Waals surface area (Å²) < 4.78 is 2.47. The average Bonchev–Trinajstić information content (AvgIpc) is 3.87. The zero-order valence-electron chi connectivity index (χ0n) is 34.9. The van der Waals surface area contributed by atoms with Gasteiger partial charge in [-0.2, -0.15) is 0 Å². The smallest absolute Gasteiger partial charge is 0.0735 e. The Bertz CT molecular complexity index is 3520. The number of aromatic nitrogens is 1. The van der Waals surface area contributed by atoms with Gasteiger partial charge < -0.3 is 9.47 Å². The van der Waals surface area contributed by atoms with Gasteiger partial charge in [-0.25, -0.2) is 0 Å². The van der Waals surface area contributed by atoms with Gasteiger partial charge in [0, 0.05) is 43.2 Å². The Morgan fingerprint density at radius 3 is 1.59 bits per heavy atom. The molecule has 0 saturated heterocycles. The summed E-state index contributed by atoms with van der Waals surface area (Å²) in [4.78, 5) is 5.04. The van der Waals surface area contributed by atoms with Gasteiger partial charge in [-0.05, 0) is 111 Å². The maximum absolute atomic E-state index is 2.47. The summed E-state index contributed by atoms with van der Waals surface area (Å²) in [6.45, 7) is 0. The van der Waals surface area contributed by atoms with Gasteiger partial charge >= 0.3 is 0 Å². The minimum absolute atomic E-state index is 0.428. The van der Waals surface area contributed by atoms with Crippen molar-refractivity contribution in [2.24, 2.45) is 0 Å². The molecule has 0 fully saturated rings. The molecule has 1 spiro atoms. The lowest BCUT2D eigenvalue weighted by molar-refractivity contribution is 0.726. The molecule has 0 N–H and O–H groups in total. The normalized spacial score (nSPS) is 13.1. The molecule has 1 aliphatic carbocycles. The molecule has 2 nitrogen and oxygen atoms in total. The first kappa shape index (κ1) is 36.8. The van der Waals surface area contributed by atoms with Crippen LogP contribution in [0.25, 0.3) is 60.9 Å². The first-order chi connectivity index (χ1) is 31.8. The summed E-state index contributed by atoms with van der Waals surface area (Å²) in [7, 11) is 0. The van der Waals surface area contributed by atoms with Crippen molar-refractivity contribution in [2.45, 2.75) is 15.2 Å². The summed E-state index contributed by atoms with van der Waals surface area (Å²) >= 11 is 1.93. The quantitative estimate of drug-likeness (QED) is 0.165. The van der Waals surface area contributed by atoms with Gasteiger partial charge in [0.1, 0.15) is 0 Å². The number of nitrogens with zero attached hydrogens (tertiary/aromatic N) is 2. The van der Waals surface area contributed by atoms with Crippen molar-refractivity contribution in [3.63, 3.8) is 0 Å². The lowest BCUT2D eigenvalue weighted by Gasteiger charge is -2.40. The van der Waals surface area contributed by atoms with Gasteiger partial charge in [0.15, 0.2) is 0 Å². The molecule has 1 aliphatic heterocycles. The van der Waals surface area contributed by atoms with Gasteiger partial charge in [-0.15, -0.1) is 0 Å². The monoisotopic (exact) mass is 832 g/mol. The Morgan fingerprint density at radius 1 is 0.359 bits per heavy atom. The third kappa shape index (κ3) is 5.41. The van der Waals surface area contributed by atoms with Crippen molar-refractivity contribution in [2.75, 3.05) is 4.90 Å². The molecule has 2 aliphatic rings. The van der Waals surface area contributed by atoms with Gasteiger partial charge in [0.05, 0.1) is 22.1 Å². The van der Waals surface area contributed by atoms with Crippen molar-refractivity contribution >= 4 is 50.6 Å². The van der Waals surface area contributed by atoms with Gasteiger partial charge in [-0.1, -0.05) is 194 Å². The van der Waals surface area contributed by atoms with Crippen molar-refractivity contribution in [1.29, 1.82) is 0 Å². The maximum atomic E-state index is 2.47. The second kappa shape index (κ2) is 14.6. The molecule has 3 heteroatoms. The fraction of sp³-hybridized carbons (Fsp3) is 0.0164. The zero-order valence-corrected chi connectivity index (χ0v) is 35.7. The number of anilines is 3. The molecule has 2 heterocycles. The van der Waals surface area contributed by atoms with E-state index in [1.165, 1.54) is 87.2 Å². The van der Waals surface area contributed by atoms with Crippen LogP contribution < -0.4 is 4.90 Å². The number of para-hydroxylation sites is 2. The summed E-state index contributed by atoms with van der Waals surface area (Å²) in [6.07, 6.45) is 0. The van der Waals surface area contributed by atoms with E-state index in [9.17, 15) is 0 Å². The molecule has 0 atom stereocenters. The highest BCUT2D eigenvalue weighted by molar-refractivity contribution is 7.99. The van der Waals surface area contributed by atoms with Crippen LogP contribution in [0.1, 0.15) is 22.3 Å². The van der Waals surface area contributed by atoms with E-state index in [1.54, 1.807) is 0 Å². The molecular weight excluding hydrogens is 793 g/mol. The van der Waals surface area contributed by atoms with E-state index < -0.39 is 5.41 Å². The van der Waals surface area contributed by atoms with Crippen LogP contribution in [0, 0.1) is 0 Å². The first-order valence-corrected chi connectivity index (χ1v) is 22.8. The van der Waals surface area contributed by atoms with Crippen molar-refractivity contribution in [3.8, 4) is 39.1 Å². The van der Waals surface area contributed by atoms with Crippen LogP contribution in [0.15, 0.2) is 252 Å². The number of rotatable bonds is 6. The van der Waals surface area contributed by atoms with Crippen LogP contribution >= 0.6 is 11.8 Å². The SMILES string of the molecule is c1ccc(-c2ccc(N(c3ccc(-n4c5ccccc5c5c6c(ccc54)C4(c5ccccc5S6)c5ccccc5-c5ccccc54)cc3)c3ccccc3-c3ccccc3)cc2)cc1. The predicted octanol–water partition coefficient (Wildman–Crippen LogP) is 16.4. The van der Waals surface area contributed by atoms with E-state index in [1.807, 2.05) is 11.8 Å². The second-order valence-corrected chi connectivity index (χ2v) is 17.8. The Labute approximate surface area is 377 Å². The molecule has 300 valence electrons. The van der Waals surface area contributed by atoms with Crippen molar-refractivity contribution in [1.82, 2.24) is 4.57 Å². The minimum atomic E-state index is -0.428. The van der Waals surface area contributed by atoms with E-state index >= 15 is 0 Å². The molecule has 0 radical (unpaired) electrons. The molecule has 0 unspecified atom stereocenters. The number of hydrogen-bond acceptors (Lipinski definition) is 2. The molecular formula is C61H40N2S. The lowest BCUT2D eigenvalue weighted by Crippen LogP contribution is -2.32. The standard InChI is InChI=1S/C61H40N2S/c1-3-17-41(18-4-1)42-31-33-44(34-32-42)62(55-28-14-9-21-47(55)43-19-5-2-6-20-43)45-35-37-46(38-36-45)63-56-29-15-10-24-50(56)59-57(63)40-39-54-60(59)64-58-30-16-13-27-53(58)61(54)51-25-11-7-22-48(51)49-23-8-12-26-52(49)61/h1-40H. The fourth-order valence-corrected chi connectivity index (χ4v) is 12.1. The second-order valence-electron chi connectivity index (χ2n) is 16.8. The van der Waals surface area contributed by atoms with E-state index in [4.69, 9.17) is 0 Å². The van der Waals surface area contributed by atoms with Crippen molar-refractivity contribution < 1.29 is 0 Å². The Balaban J connectivity index is 0.993. The fourth-order valence-electron chi connectivity index (χ4n) is 10.8. The Hall–Kier alpha value is -7.85. The Kier molecular flexibility index (Phi) is 8.40. The minimum Gasteiger partial charge on any atom is -0.310 e. The Morgan fingerprint density at radius 2 is 0.891 bits per heavy atom. The third-order valence-electron chi connectivity index (χ3n) is 13.5. The van der Waals surface area contributed by atoms with Crippen molar-refractivity contribution in [3.05, 3.63) is 265 Å². The zero-order chi connectivity index (χ0) is 42.2. The predicted molar refractivity (Wildman–Crippen MR) is 268 cm³/mol. The molecule has 0 saturated carbocycles. The average molecular weight is 833 g/mol. The summed E-state index contributed by atoms with van der Waals surface area (Å²) in [6, 6.07) is 89.2. The first-order valence-electron chi connectivity index (χ1n) is 22.0. The topological polar surface area (TPSA) is 8.17 Å². The van der Waals surface area contributed by atoms with E-state index in [2.05, 4.69) is 252 Å². The van der Waals surface area contributed by atoms with Crippen LogP contribution in [0.3, 0.4) is 0 Å². The highest BCUT2D eigenvalue weighted by Crippen LogP contribution is 2.63. The number of hydrogen-bond donors (Lipinski definition) is 0. The highest BCUT2D eigenvalue weighted by Gasteiger charge is 2.50. The molecule has 13 rings (SSSR count). The third-order valence-corrected chi connectivity index (χ3v) is 14.7. The van der Waals surface area contributed by atoms with Crippen LogP contribution in [-0.4, -0.2) is 4.57 Å². The molecule has 1 aromatic heterocycles. The summed E-state index contributed by atoms with van der Waals surface area (Å²) in [5, 5.41) is 2.56. The van der Waals surface area contributed by atoms with Gasteiger partial charge in [0.25, 0.3) is 0 Å². The van der Waals surface area contributed by atoms with E-state index in [-0.39, 0.29) is 0 Å². The van der Waals surface area contributed by atoms with E-state index in [0.717, 1.165) is 22.7 Å². The summed E-state index contributed by atoms with van der Waals surface area (Å²) in [5.41, 5.74) is 19.2. The molecule has 0 bridgehead atoms. The number of benzene rings is 10. The van der Waals surface area contributed by atoms with Gasteiger partial charge in [0.2, 0.25) is 0 Å². The van der Waals surface area contributed by atoms with Gasteiger partial charge in [-0.3, -0.25) is 0 Å². The molecule has 11 aromatic rings. The lowest BCUT2D eigenvalue weighted by atomic mass is 9.67. The molecule has 0 amide bonds. The van der Waals surface area contributed by atoms with Crippen LogP contribution in [0.2, 0.25) is 0 Å². The van der Waals surface area contributed by atoms with E-state index in [0.29, 0.717) is 0 Å². The highest BCUT2D eigenvalue weighted by atomic mass is 32.2. The summed E-state index contributed by atoms with van der Waals surface area (Å²) in [5.74, 6) is 0. The number of fused-ring (bicyclic) bond motifs is 13. The van der Waals surface area contributed by atoms with Crippen LogP contribution in [0.4, 0.5) is 17.1 Å². The largest absolute Gasteiger partial charge is 0.310 e. The molecule has 10 aromatic carbocycles. The maximum Gasteiger partial charge on any atom is 0.0735 e. The van der Waals surface area contributed by atoms with Crippen LogP contribution in [-0.2, 0) is 5.41 Å².